The normalized spacial score (nSPS) is 10.3. The lowest BCUT2D eigenvalue weighted by Gasteiger charge is -2.02. The summed E-state index contributed by atoms with van der Waals surface area (Å²) in [6.07, 6.45) is 3.17. The average Bonchev–Trinajstić information content (AvgIpc) is 2.28. The van der Waals surface area contributed by atoms with Crippen molar-refractivity contribution in [2.24, 2.45) is 10.9 Å². The molecule has 0 saturated carbocycles. The lowest BCUT2D eigenvalue weighted by molar-refractivity contribution is 0.615. The molecule has 3 heteroatoms. The van der Waals surface area contributed by atoms with E-state index in [2.05, 4.69) is 32.7 Å². The highest BCUT2D eigenvalue weighted by Gasteiger charge is 1.98. The van der Waals surface area contributed by atoms with Crippen LogP contribution < -0.4 is 5.46 Å². The number of hydrogen-bond donors (Lipinski definition) is 1. The van der Waals surface area contributed by atoms with Crippen LogP contribution in [0.1, 0.15) is 39.7 Å². The van der Waals surface area contributed by atoms with Crippen LogP contribution in [0.2, 0.25) is 0 Å². The van der Waals surface area contributed by atoms with Crippen molar-refractivity contribution >= 4 is 24.8 Å². The van der Waals surface area contributed by atoms with Crippen LogP contribution in [0.3, 0.4) is 0 Å². The molecule has 93 valence electrons. The van der Waals surface area contributed by atoms with E-state index < -0.39 is 0 Å². The number of nitrogens with zero attached hydrogens (tertiary/aromatic N) is 1. The minimum atomic E-state index is 0.457. The Balaban J connectivity index is 0.000000770. The van der Waals surface area contributed by atoms with Gasteiger partial charge >= 0.3 is 7.48 Å². The van der Waals surface area contributed by atoms with Crippen molar-refractivity contribution in [2.45, 2.75) is 41.0 Å². The molecule has 1 radical (unpaired) electrons. The number of hydrogen-bond acceptors (Lipinski definition) is 2. The molecule has 0 spiro atoms. The van der Waals surface area contributed by atoms with Gasteiger partial charge in [-0.3, -0.25) is 4.99 Å². The molecule has 0 aromatic heterocycles. The minimum Gasteiger partial charge on any atom is -0.450 e. The number of aliphatic imine (C=N–C) groups is 1. The maximum absolute atomic E-state index is 8.81. The zero-order chi connectivity index (χ0) is 13.3. The maximum atomic E-state index is 8.81. The van der Waals surface area contributed by atoms with Gasteiger partial charge in [-0.15, -0.1) is 0 Å². The molecule has 1 rings (SSSR count). The molecule has 0 amide bonds. The van der Waals surface area contributed by atoms with Crippen LogP contribution in [0.25, 0.3) is 0 Å². The molecule has 0 aliphatic heterocycles. The Morgan fingerprint density at radius 3 is 2.35 bits per heavy atom. The van der Waals surface area contributed by atoms with Crippen LogP contribution in [0, 0.1) is 12.8 Å². The molecular weight excluding hydrogens is 209 g/mol. The molecule has 17 heavy (non-hydrogen) atoms. The third-order valence-corrected chi connectivity index (χ3v) is 1.88. The molecule has 1 aromatic carbocycles. The van der Waals surface area contributed by atoms with E-state index in [1.54, 1.807) is 0 Å². The van der Waals surface area contributed by atoms with Gasteiger partial charge in [0.1, 0.15) is 0 Å². The van der Waals surface area contributed by atoms with Crippen LogP contribution in [0.15, 0.2) is 23.2 Å². The first-order chi connectivity index (χ1) is 8.04. The van der Waals surface area contributed by atoms with E-state index in [4.69, 9.17) is 5.02 Å². The van der Waals surface area contributed by atoms with Crippen molar-refractivity contribution in [2.75, 3.05) is 0 Å². The van der Waals surface area contributed by atoms with E-state index in [1.165, 1.54) is 6.42 Å². The van der Waals surface area contributed by atoms with Crippen molar-refractivity contribution in [3.05, 3.63) is 23.8 Å². The Hall–Kier alpha value is -1.09. The lowest BCUT2D eigenvalue weighted by atomic mass is 9.87. The van der Waals surface area contributed by atoms with Crippen LogP contribution >= 0.6 is 0 Å². The van der Waals surface area contributed by atoms with E-state index in [-0.39, 0.29) is 0 Å². The van der Waals surface area contributed by atoms with E-state index in [1.807, 2.05) is 31.3 Å². The number of benzene rings is 1. The molecule has 0 fully saturated rings. The summed E-state index contributed by atoms with van der Waals surface area (Å²) in [7, 11) is 1.10. The molecule has 0 unspecified atom stereocenters. The lowest BCUT2D eigenvalue weighted by Crippen LogP contribution is -2.12. The summed E-state index contributed by atoms with van der Waals surface area (Å²) in [6.45, 7) is 10.4. The first-order valence-corrected chi connectivity index (χ1v) is 6.17. The summed E-state index contributed by atoms with van der Waals surface area (Å²) < 4.78 is 0. The second kappa shape index (κ2) is 9.00. The zero-order valence-electron chi connectivity index (χ0n) is 11.6. The third kappa shape index (κ3) is 6.95. The third-order valence-electron chi connectivity index (χ3n) is 1.88. The highest BCUT2D eigenvalue weighted by atomic mass is 16.2. The van der Waals surface area contributed by atoms with Crippen molar-refractivity contribution in [1.82, 2.24) is 0 Å². The fourth-order valence-corrected chi connectivity index (χ4v) is 1.13. The second-order valence-electron chi connectivity index (χ2n) is 4.40. The average molecular weight is 232 g/mol. The smallest absolute Gasteiger partial charge is 0.326 e. The Morgan fingerprint density at radius 1 is 1.35 bits per heavy atom. The van der Waals surface area contributed by atoms with Crippen molar-refractivity contribution < 1.29 is 5.02 Å². The van der Waals surface area contributed by atoms with Gasteiger partial charge in [-0.2, -0.15) is 0 Å². The molecule has 0 atom stereocenters. The van der Waals surface area contributed by atoms with Gasteiger partial charge in [0.2, 0.25) is 0 Å². The van der Waals surface area contributed by atoms with Crippen LogP contribution in [-0.4, -0.2) is 18.7 Å². The van der Waals surface area contributed by atoms with Crippen LogP contribution in [0.4, 0.5) is 5.69 Å². The molecule has 0 bridgehead atoms. The van der Waals surface area contributed by atoms with Crippen molar-refractivity contribution in [3.8, 4) is 0 Å². The van der Waals surface area contributed by atoms with Crippen molar-refractivity contribution in [3.63, 3.8) is 0 Å². The Kier molecular flexibility index (Phi) is 8.42. The highest BCUT2D eigenvalue weighted by molar-refractivity contribution is 6.45. The zero-order valence-corrected chi connectivity index (χ0v) is 11.6. The van der Waals surface area contributed by atoms with Gasteiger partial charge in [0, 0.05) is 6.21 Å². The largest absolute Gasteiger partial charge is 0.450 e. The monoisotopic (exact) mass is 232 g/mol. The summed E-state index contributed by atoms with van der Waals surface area (Å²) >= 11 is 0. The molecule has 0 heterocycles. The predicted octanol–water partition coefficient (Wildman–Crippen LogP) is 3.01. The highest BCUT2D eigenvalue weighted by Crippen LogP contribution is 2.15. The molecule has 0 saturated heterocycles. The topological polar surface area (TPSA) is 32.6 Å². The Morgan fingerprint density at radius 2 is 1.94 bits per heavy atom. The van der Waals surface area contributed by atoms with E-state index >= 15 is 0 Å². The molecule has 0 aliphatic carbocycles. The van der Waals surface area contributed by atoms with Gasteiger partial charge in [0.15, 0.2) is 0 Å². The minimum absolute atomic E-state index is 0.457. The first kappa shape index (κ1) is 15.9. The molecule has 1 N–H and O–H groups in total. The van der Waals surface area contributed by atoms with E-state index in [9.17, 15) is 0 Å². The SMILES string of the molecule is CCC.Cc1cc([B]O)ccc1N=CC(C)C. The van der Waals surface area contributed by atoms with Gasteiger partial charge in [0.25, 0.3) is 0 Å². The first-order valence-electron chi connectivity index (χ1n) is 6.17. The Bertz CT molecular complexity index is 348. The summed E-state index contributed by atoms with van der Waals surface area (Å²) in [5, 5.41) is 8.81. The summed E-state index contributed by atoms with van der Waals surface area (Å²) in [4.78, 5) is 4.36. The fraction of sp³-hybridized carbons (Fsp3) is 0.500. The predicted molar refractivity (Wildman–Crippen MR) is 77.7 cm³/mol. The standard InChI is InChI=1S/C11H15BNO.C3H8/c1-8(2)7-13-11-5-4-10(12-14)6-9(11)3;1-3-2/h4-8,14H,1-3H3;3H2,1-2H3. The summed E-state index contributed by atoms with van der Waals surface area (Å²) in [5.74, 6) is 0.457. The second-order valence-corrected chi connectivity index (χ2v) is 4.40. The molecular formula is C14H23BNO. The van der Waals surface area contributed by atoms with Crippen LogP contribution in [0.5, 0.6) is 0 Å². The Labute approximate surface area is 106 Å². The van der Waals surface area contributed by atoms with Gasteiger partial charge in [0.05, 0.1) is 5.69 Å². The van der Waals surface area contributed by atoms with E-state index in [0.717, 1.165) is 24.2 Å². The fourth-order valence-electron chi connectivity index (χ4n) is 1.13. The van der Waals surface area contributed by atoms with Crippen LogP contribution in [-0.2, 0) is 0 Å². The quantitative estimate of drug-likeness (QED) is 0.630. The summed E-state index contributed by atoms with van der Waals surface area (Å²) in [5.41, 5.74) is 2.85. The van der Waals surface area contributed by atoms with Gasteiger partial charge in [-0.1, -0.05) is 51.7 Å². The van der Waals surface area contributed by atoms with Gasteiger partial charge < -0.3 is 5.02 Å². The number of aryl methyl sites for hydroxylation is 1. The molecule has 1 aromatic rings. The maximum Gasteiger partial charge on any atom is 0.326 e. The number of rotatable bonds is 3. The van der Waals surface area contributed by atoms with E-state index in [0.29, 0.717) is 5.92 Å². The van der Waals surface area contributed by atoms with Gasteiger partial charge in [-0.05, 0) is 24.5 Å². The molecule has 0 aliphatic rings. The van der Waals surface area contributed by atoms with Gasteiger partial charge in [-0.25, -0.2) is 0 Å². The summed E-state index contributed by atoms with van der Waals surface area (Å²) in [6, 6.07) is 5.67. The van der Waals surface area contributed by atoms with Crippen molar-refractivity contribution in [1.29, 1.82) is 0 Å². The molecule has 2 nitrogen and oxygen atoms in total.